The summed E-state index contributed by atoms with van der Waals surface area (Å²) < 4.78 is 0. The van der Waals surface area contributed by atoms with Crippen LogP contribution in [0.25, 0.3) is 0 Å². The standard InChI is InChI=1S/C8H14N2O4/c1-3-4-9-6(11)5-10(2)7(12)8(13)14/h3-5H2,1-2H3,(H,9,11)(H,13,14). The van der Waals surface area contributed by atoms with E-state index >= 15 is 0 Å². The van der Waals surface area contributed by atoms with Crippen molar-refractivity contribution in [2.24, 2.45) is 0 Å². The van der Waals surface area contributed by atoms with Gasteiger partial charge in [-0.1, -0.05) is 6.92 Å². The predicted molar refractivity (Wildman–Crippen MR) is 48.6 cm³/mol. The number of likely N-dealkylation sites (N-methyl/N-ethyl adjacent to an activating group) is 1. The summed E-state index contributed by atoms with van der Waals surface area (Å²) >= 11 is 0. The number of nitrogens with zero attached hydrogens (tertiary/aromatic N) is 1. The fourth-order valence-electron chi connectivity index (χ4n) is 0.771. The molecule has 0 bridgehead atoms. The maximum absolute atomic E-state index is 11.0. The van der Waals surface area contributed by atoms with E-state index in [9.17, 15) is 14.4 Å². The van der Waals surface area contributed by atoms with Gasteiger partial charge in [0.1, 0.15) is 0 Å². The number of nitrogens with one attached hydrogen (secondary N) is 1. The molecule has 0 fully saturated rings. The second-order valence-electron chi connectivity index (χ2n) is 2.82. The van der Waals surface area contributed by atoms with Crippen molar-refractivity contribution < 1.29 is 19.5 Å². The first-order chi connectivity index (χ1) is 6.49. The number of carboxylic acids is 1. The highest BCUT2D eigenvalue weighted by molar-refractivity contribution is 6.31. The maximum atomic E-state index is 11.0. The van der Waals surface area contributed by atoms with Gasteiger partial charge in [0.25, 0.3) is 0 Å². The van der Waals surface area contributed by atoms with E-state index < -0.39 is 11.9 Å². The Morgan fingerprint density at radius 1 is 1.36 bits per heavy atom. The van der Waals surface area contributed by atoms with Gasteiger partial charge in [0.05, 0.1) is 6.54 Å². The molecule has 0 aromatic heterocycles. The lowest BCUT2D eigenvalue weighted by molar-refractivity contribution is -0.155. The van der Waals surface area contributed by atoms with Crippen LogP contribution in [0.4, 0.5) is 0 Å². The monoisotopic (exact) mass is 202 g/mol. The lowest BCUT2D eigenvalue weighted by Gasteiger charge is -2.13. The molecular formula is C8H14N2O4. The Morgan fingerprint density at radius 3 is 2.36 bits per heavy atom. The second-order valence-corrected chi connectivity index (χ2v) is 2.82. The van der Waals surface area contributed by atoms with Crippen LogP contribution in [-0.2, 0) is 14.4 Å². The minimum Gasteiger partial charge on any atom is -0.474 e. The van der Waals surface area contributed by atoms with Crippen molar-refractivity contribution >= 4 is 17.8 Å². The molecule has 0 aromatic rings. The van der Waals surface area contributed by atoms with Crippen molar-refractivity contribution in [2.45, 2.75) is 13.3 Å². The summed E-state index contributed by atoms with van der Waals surface area (Å²) in [5.74, 6) is -3.00. The summed E-state index contributed by atoms with van der Waals surface area (Å²) in [5.41, 5.74) is 0. The number of carboxylic acid groups (broad SMARTS) is 1. The van der Waals surface area contributed by atoms with Crippen LogP contribution in [0, 0.1) is 0 Å². The lowest BCUT2D eigenvalue weighted by Crippen LogP contribution is -2.41. The molecule has 6 heteroatoms. The van der Waals surface area contributed by atoms with Gasteiger partial charge in [-0.25, -0.2) is 4.79 Å². The number of aliphatic carboxylic acids is 1. The largest absolute Gasteiger partial charge is 0.474 e. The summed E-state index contributed by atoms with van der Waals surface area (Å²) in [6.07, 6.45) is 0.794. The molecule has 0 aliphatic heterocycles. The Bertz CT molecular complexity index is 239. The molecule has 0 rings (SSSR count). The third-order valence-corrected chi connectivity index (χ3v) is 1.48. The smallest absolute Gasteiger partial charge is 0.394 e. The first-order valence-corrected chi connectivity index (χ1v) is 4.24. The number of hydrogen-bond acceptors (Lipinski definition) is 3. The number of carbonyl (C=O) groups is 3. The van der Waals surface area contributed by atoms with E-state index in [2.05, 4.69) is 5.32 Å². The van der Waals surface area contributed by atoms with Crippen molar-refractivity contribution in [1.82, 2.24) is 10.2 Å². The van der Waals surface area contributed by atoms with Crippen molar-refractivity contribution in [3.63, 3.8) is 0 Å². The SMILES string of the molecule is CCCNC(=O)CN(C)C(=O)C(=O)O. The van der Waals surface area contributed by atoms with Gasteiger partial charge in [-0.05, 0) is 6.42 Å². The lowest BCUT2D eigenvalue weighted by atomic mass is 10.4. The molecule has 0 heterocycles. The van der Waals surface area contributed by atoms with Crippen molar-refractivity contribution in [3.8, 4) is 0 Å². The summed E-state index contributed by atoms with van der Waals surface area (Å²) in [7, 11) is 1.27. The van der Waals surface area contributed by atoms with Gasteiger partial charge < -0.3 is 15.3 Å². The predicted octanol–water partition coefficient (Wildman–Crippen LogP) is -0.944. The number of hydrogen-bond donors (Lipinski definition) is 2. The molecule has 0 radical (unpaired) electrons. The quantitative estimate of drug-likeness (QED) is 0.576. The van der Waals surface area contributed by atoms with Gasteiger partial charge in [-0.2, -0.15) is 0 Å². The fraction of sp³-hybridized carbons (Fsp3) is 0.625. The molecule has 0 saturated heterocycles. The third-order valence-electron chi connectivity index (χ3n) is 1.48. The number of rotatable bonds is 4. The Morgan fingerprint density at radius 2 is 1.93 bits per heavy atom. The zero-order chi connectivity index (χ0) is 11.1. The molecule has 2 N–H and O–H groups in total. The summed E-state index contributed by atoms with van der Waals surface area (Å²) in [6, 6.07) is 0. The van der Waals surface area contributed by atoms with Crippen LogP contribution in [0.1, 0.15) is 13.3 Å². The maximum Gasteiger partial charge on any atom is 0.394 e. The molecule has 0 aromatic carbocycles. The average molecular weight is 202 g/mol. The Kier molecular flexibility index (Phi) is 5.28. The van der Waals surface area contributed by atoms with Gasteiger partial charge in [0.2, 0.25) is 5.91 Å². The van der Waals surface area contributed by atoms with Crippen LogP contribution >= 0.6 is 0 Å². The summed E-state index contributed by atoms with van der Waals surface area (Å²) in [5, 5.41) is 10.8. The van der Waals surface area contributed by atoms with Crippen LogP contribution < -0.4 is 5.32 Å². The van der Waals surface area contributed by atoms with E-state index in [1.165, 1.54) is 7.05 Å². The summed E-state index contributed by atoms with van der Waals surface area (Å²) in [6.45, 7) is 2.19. The van der Waals surface area contributed by atoms with Gasteiger partial charge in [0.15, 0.2) is 0 Å². The van der Waals surface area contributed by atoms with Crippen molar-refractivity contribution in [2.75, 3.05) is 20.1 Å². The van der Waals surface area contributed by atoms with Crippen LogP contribution in [0.2, 0.25) is 0 Å². The highest BCUT2D eigenvalue weighted by atomic mass is 16.4. The highest BCUT2D eigenvalue weighted by Gasteiger charge is 2.18. The molecule has 6 nitrogen and oxygen atoms in total. The first kappa shape index (κ1) is 12.4. The van der Waals surface area contributed by atoms with Crippen LogP contribution in [0.15, 0.2) is 0 Å². The van der Waals surface area contributed by atoms with Gasteiger partial charge in [-0.15, -0.1) is 0 Å². The third kappa shape index (κ3) is 4.44. The molecule has 0 saturated carbocycles. The van der Waals surface area contributed by atoms with Crippen molar-refractivity contribution in [3.05, 3.63) is 0 Å². The molecular weight excluding hydrogens is 188 g/mol. The van der Waals surface area contributed by atoms with E-state index in [-0.39, 0.29) is 12.5 Å². The molecule has 0 spiro atoms. The molecule has 0 aliphatic rings. The minimum atomic E-state index is -1.56. The molecule has 0 unspecified atom stereocenters. The van der Waals surface area contributed by atoms with Gasteiger partial charge in [0, 0.05) is 13.6 Å². The second kappa shape index (κ2) is 5.95. The highest BCUT2D eigenvalue weighted by Crippen LogP contribution is 1.85. The summed E-state index contributed by atoms with van der Waals surface area (Å²) in [4.78, 5) is 32.9. The Balaban J connectivity index is 3.93. The van der Waals surface area contributed by atoms with E-state index in [0.717, 1.165) is 11.3 Å². The van der Waals surface area contributed by atoms with Crippen LogP contribution in [0.3, 0.4) is 0 Å². The molecule has 2 amide bonds. The molecule has 0 aliphatic carbocycles. The average Bonchev–Trinajstić information content (AvgIpc) is 2.13. The van der Waals surface area contributed by atoms with E-state index in [0.29, 0.717) is 6.54 Å². The van der Waals surface area contributed by atoms with Gasteiger partial charge >= 0.3 is 11.9 Å². The zero-order valence-electron chi connectivity index (χ0n) is 8.24. The van der Waals surface area contributed by atoms with Crippen molar-refractivity contribution in [1.29, 1.82) is 0 Å². The minimum absolute atomic E-state index is 0.231. The Hall–Kier alpha value is -1.59. The molecule has 14 heavy (non-hydrogen) atoms. The zero-order valence-corrected chi connectivity index (χ0v) is 8.24. The normalized spacial score (nSPS) is 9.29. The Labute approximate surface area is 81.9 Å². The van der Waals surface area contributed by atoms with Gasteiger partial charge in [-0.3, -0.25) is 9.59 Å². The topological polar surface area (TPSA) is 86.7 Å². The fourth-order valence-corrected chi connectivity index (χ4v) is 0.771. The van der Waals surface area contributed by atoms with Crippen LogP contribution in [0.5, 0.6) is 0 Å². The van der Waals surface area contributed by atoms with Crippen LogP contribution in [-0.4, -0.2) is 47.9 Å². The van der Waals surface area contributed by atoms with E-state index in [1.807, 2.05) is 6.92 Å². The molecule has 80 valence electrons. The molecule has 0 atom stereocenters. The first-order valence-electron chi connectivity index (χ1n) is 4.24. The van der Waals surface area contributed by atoms with E-state index in [1.54, 1.807) is 0 Å². The number of carbonyl (C=O) groups excluding carboxylic acids is 2. The van der Waals surface area contributed by atoms with E-state index in [4.69, 9.17) is 5.11 Å². The number of amides is 2.